The first-order valence-electron chi connectivity index (χ1n) is 7.67. The molecule has 8 heteroatoms. The van der Waals surface area contributed by atoms with E-state index < -0.39 is 18.2 Å². The van der Waals surface area contributed by atoms with Crippen molar-refractivity contribution in [1.82, 2.24) is 9.88 Å². The number of anilines is 2. The monoisotopic (exact) mass is 334 g/mol. The Labute approximate surface area is 137 Å². The second kappa shape index (κ2) is 6.48. The number of hydrogen-bond acceptors (Lipinski definition) is 5. The number of aromatic amines is 1. The van der Waals surface area contributed by atoms with Gasteiger partial charge in [0.1, 0.15) is 5.56 Å². The van der Waals surface area contributed by atoms with Gasteiger partial charge < -0.3 is 25.2 Å². The molecular weight excluding hydrogens is 315 g/mol. The average Bonchev–Trinajstić information content (AvgIpc) is 2.56. The number of likely N-dealkylation sites (N-methyl/N-ethyl adjacent to an activating group) is 1. The summed E-state index contributed by atoms with van der Waals surface area (Å²) in [6, 6.07) is 3.29. The van der Waals surface area contributed by atoms with Crippen LogP contribution in [-0.2, 0) is 0 Å². The number of carbonyl (C=O) groups is 1. The fourth-order valence-electron chi connectivity index (χ4n) is 2.94. The summed E-state index contributed by atoms with van der Waals surface area (Å²) in [6.45, 7) is 2.59. The highest BCUT2D eigenvalue weighted by molar-refractivity contribution is 5.95. The van der Waals surface area contributed by atoms with Crippen molar-refractivity contribution in [2.45, 2.75) is 0 Å². The van der Waals surface area contributed by atoms with Crippen LogP contribution in [0.3, 0.4) is 0 Å². The van der Waals surface area contributed by atoms with Crippen molar-refractivity contribution in [2.75, 3.05) is 50.2 Å². The number of halogens is 1. The molecule has 3 N–H and O–H groups in total. The number of piperazine rings is 1. The number of carboxylic acid groups (broad SMARTS) is 1. The van der Waals surface area contributed by atoms with Gasteiger partial charge in [-0.1, -0.05) is 0 Å². The Bertz CT molecular complexity index is 828. The van der Waals surface area contributed by atoms with Crippen LogP contribution in [0.25, 0.3) is 10.9 Å². The van der Waals surface area contributed by atoms with Crippen molar-refractivity contribution in [2.24, 2.45) is 0 Å². The van der Waals surface area contributed by atoms with Crippen molar-refractivity contribution >= 4 is 28.2 Å². The molecule has 24 heavy (non-hydrogen) atoms. The van der Waals surface area contributed by atoms with Gasteiger partial charge in [-0.15, -0.1) is 0 Å². The molecule has 3 rings (SSSR count). The zero-order chi connectivity index (χ0) is 17.3. The SMILES string of the molecule is CN1CCN(c2cc3[nH]cc(C(=O)O)c(=O)c3cc2NCF)CC1. The Balaban J connectivity index is 2.12. The van der Waals surface area contributed by atoms with E-state index in [0.717, 1.165) is 31.9 Å². The van der Waals surface area contributed by atoms with Crippen LogP contribution in [0.15, 0.2) is 23.1 Å². The summed E-state index contributed by atoms with van der Waals surface area (Å²) in [5.74, 6) is -1.29. The molecule has 0 amide bonds. The van der Waals surface area contributed by atoms with Gasteiger partial charge >= 0.3 is 5.97 Å². The molecule has 0 unspecified atom stereocenters. The van der Waals surface area contributed by atoms with Crippen molar-refractivity contribution in [3.05, 3.63) is 34.1 Å². The molecule has 1 aromatic carbocycles. The summed E-state index contributed by atoms with van der Waals surface area (Å²) < 4.78 is 12.9. The van der Waals surface area contributed by atoms with Crippen LogP contribution < -0.4 is 15.6 Å². The van der Waals surface area contributed by atoms with Crippen LogP contribution in [0, 0.1) is 0 Å². The number of carboxylic acids is 1. The summed E-state index contributed by atoms with van der Waals surface area (Å²) in [4.78, 5) is 30.6. The maximum absolute atomic E-state index is 12.9. The number of nitrogens with zero attached hydrogens (tertiary/aromatic N) is 2. The van der Waals surface area contributed by atoms with Gasteiger partial charge in [-0.25, -0.2) is 9.18 Å². The molecule has 2 heterocycles. The van der Waals surface area contributed by atoms with Crippen LogP contribution in [-0.4, -0.2) is 61.0 Å². The quantitative estimate of drug-likeness (QED) is 0.731. The predicted molar refractivity (Wildman–Crippen MR) is 90.8 cm³/mol. The van der Waals surface area contributed by atoms with Crippen LogP contribution in [0.4, 0.5) is 15.8 Å². The average molecular weight is 334 g/mol. The van der Waals surface area contributed by atoms with Gasteiger partial charge in [0.05, 0.1) is 16.9 Å². The third-order valence-corrected chi connectivity index (χ3v) is 4.33. The maximum Gasteiger partial charge on any atom is 0.341 e. The third kappa shape index (κ3) is 2.92. The highest BCUT2D eigenvalue weighted by Gasteiger charge is 2.20. The van der Waals surface area contributed by atoms with E-state index in [1.165, 1.54) is 12.3 Å². The summed E-state index contributed by atoms with van der Waals surface area (Å²) in [6.07, 6.45) is 1.20. The second-order valence-electron chi connectivity index (χ2n) is 5.85. The second-order valence-corrected chi connectivity index (χ2v) is 5.85. The first-order valence-corrected chi connectivity index (χ1v) is 7.67. The summed E-state index contributed by atoms with van der Waals surface area (Å²) in [5.41, 5.74) is 0.905. The van der Waals surface area contributed by atoms with Gasteiger partial charge in [-0.2, -0.15) is 0 Å². The van der Waals surface area contributed by atoms with E-state index in [0.29, 0.717) is 11.2 Å². The van der Waals surface area contributed by atoms with E-state index in [1.807, 2.05) is 7.05 Å². The minimum Gasteiger partial charge on any atom is -0.477 e. The lowest BCUT2D eigenvalue weighted by atomic mass is 10.1. The lowest BCUT2D eigenvalue weighted by Gasteiger charge is -2.35. The fraction of sp³-hybridized carbons (Fsp3) is 0.375. The highest BCUT2D eigenvalue weighted by Crippen LogP contribution is 2.30. The van der Waals surface area contributed by atoms with E-state index in [2.05, 4.69) is 20.1 Å². The molecular formula is C16H19FN4O3. The number of H-pyrrole nitrogens is 1. The smallest absolute Gasteiger partial charge is 0.341 e. The Morgan fingerprint density at radius 1 is 1.33 bits per heavy atom. The number of rotatable bonds is 4. The lowest BCUT2D eigenvalue weighted by Crippen LogP contribution is -2.44. The molecule has 1 aliphatic rings. The molecule has 1 aromatic heterocycles. The van der Waals surface area contributed by atoms with Gasteiger partial charge in [-0.3, -0.25) is 4.79 Å². The van der Waals surface area contributed by atoms with Crippen LogP contribution in [0.1, 0.15) is 10.4 Å². The number of nitrogens with one attached hydrogen (secondary N) is 2. The molecule has 0 aliphatic carbocycles. The normalized spacial score (nSPS) is 15.7. The Morgan fingerprint density at radius 2 is 2.04 bits per heavy atom. The van der Waals surface area contributed by atoms with Gasteiger partial charge in [0.25, 0.3) is 0 Å². The number of aromatic nitrogens is 1. The summed E-state index contributed by atoms with van der Waals surface area (Å²) >= 11 is 0. The third-order valence-electron chi connectivity index (χ3n) is 4.33. The minimum atomic E-state index is -1.29. The Kier molecular flexibility index (Phi) is 4.39. The van der Waals surface area contributed by atoms with E-state index in [9.17, 15) is 14.0 Å². The molecule has 0 spiro atoms. The van der Waals surface area contributed by atoms with E-state index in [-0.39, 0.29) is 10.9 Å². The van der Waals surface area contributed by atoms with Gasteiger partial charge in [0.15, 0.2) is 6.80 Å². The van der Waals surface area contributed by atoms with Gasteiger partial charge in [0, 0.05) is 37.8 Å². The van der Waals surface area contributed by atoms with Gasteiger partial charge in [-0.05, 0) is 19.2 Å². The molecule has 1 saturated heterocycles. The van der Waals surface area contributed by atoms with Crippen LogP contribution >= 0.6 is 0 Å². The molecule has 1 aliphatic heterocycles. The van der Waals surface area contributed by atoms with Gasteiger partial charge in [0.2, 0.25) is 5.43 Å². The number of alkyl halides is 1. The largest absolute Gasteiger partial charge is 0.477 e. The molecule has 0 radical (unpaired) electrons. The van der Waals surface area contributed by atoms with Crippen LogP contribution in [0.2, 0.25) is 0 Å². The van der Waals surface area contributed by atoms with Crippen molar-refractivity contribution in [3.8, 4) is 0 Å². The Hall–Kier alpha value is -2.61. The Morgan fingerprint density at radius 3 is 2.67 bits per heavy atom. The molecule has 0 bridgehead atoms. The lowest BCUT2D eigenvalue weighted by molar-refractivity contribution is 0.0695. The molecule has 0 saturated carbocycles. The van der Waals surface area contributed by atoms with E-state index in [1.54, 1.807) is 6.07 Å². The molecule has 0 atom stereocenters. The topological polar surface area (TPSA) is 88.7 Å². The van der Waals surface area contributed by atoms with Crippen molar-refractivity contribution < 1.29 is 14.3 Å². The predicted octanol–water partition coefficient (Wildman–Crippen LogP) is 1.32. The molecule has 1 fully saturated rings. The zero-order valence-electron chi connectivity index (χ0n) is 13.3. The van der Waals surface area contributed by atoms with Crippen molar-refractivity contribution in [3.63, 3.8) is 0 Å². The van der Waals surface area contributed by atoms with Crippen LogP contribution in [0.5, 0.6) is 0 Å². The number of aromatic carboxylic acids is 1. The zero-order valence-corrected chi connectivity index (χ0v) is 13.3. The standard InChI is InChI=1S/C16H19FN4O3/c1-20-2-4-21(5-3-20)14-7-12-10(6-13(14)19-9-17)15(22)11(8-18-12)16(23)24/h6-8,19H,2-5,9H2,1H3,(H,18,22)(H,23,24). The number of pyridine rings is 1. The molecule has 2 aromatic rings. The van der Waals surface area contributed by atoms with Crippen molar-refractivity contribution in [1.29, 1.82) is 0 Å². The minimum absolute atomic E-state index is 0.226. The van der Waals surface area contributed by atoms with E-state index >= 15 is 0 Å². The molecule has 7 nitrogen and oxygen atoms in total. The summed E-state index contributed by atoms with van der Waals surface area (Å²) in [5, 5.41) is 11.9. The first kappa shape index (κ1) is 16.3. The highest BCUT2D eigenvalue weighted by atomic mass is 19.1. The van der Waals surface area contributed by atoms with E-state index in [4.69, 9.17) is 5.11 Å². The maximum atomic E-state index is 12.9. The first-order chi connectivity index (χ1) is 11.5. The number of fused-ring (bicyclic) bond motifs is 1. The summed E-state index contributed by atoms with van der Waals surface area (Å²) in [7, 11) is 2.05. The number of benzene rings is 1. The number of hydrogen-bond donors (Lipinski definition) is 3. The fourth-order valence-corrected chi connectivity index (χ4v) is 2.94. The molecule has 128 valence electrons.